The highest BCUT2D eigenvalue weighted by Crippen LogP contribution is 2.30. The molecule has 0 unspecified atom stereocenters. The molecule has 0 aliphatic carbocycles. The zero-order valence-electron chi connectivity index (χ0n) is 9.76. The van der Waals surface area contributed by atoms with Crippen molar-refractivity contribution in [3.8, 4) is 11.6 Å². The normalized spacial score (nSPS) is 10.6. The molecule has 0 radical (unpaired) electrons. The molecule has 5 heteroatoms. The maximum Gasteiger partial charge on any atom is 0.273 e. The number of benzene rings is 2. The highest BCUT2D eigenvalue weighted by Gasteiger charge is 2.10. The molecule has 0 amide bonds. The molecule has 0 bridgehead atoms. The van der Waals surface area contributed by atoms with Gasteiger partial charge in [0, 0.05) is 5.39 Å². The SMILES string of the molecule is O=c1[nH]cnc(Oc2cccc3ccccc23)c1Cl. The van der Waals surface area contributed by atoms with Crippen molar-refractivity contribution >= 4 is 22.4 Å². The quantitative estimate of drug-likeness (QED) is 0.778. The van der Waals surface area contributed by atoms with Crippen LogP contribution in [0.25, 0.3) is 10.8 Å². The summed E-state index contributed by atoms with van der Waals surface area (Å²) in [6.07, 6.45) is 1.26. The Labute approximate surface area is 113 Å². The number of ether oxygens (including phenoxy) is 1. The van der Waals surface area contributed by atoms with Crippen molar-refractivity contribution in [3.63, 3.8) is 0 Å². The van der Waals surface area contributed by atoms with Gasteiger partial charge in [0.2, 0.25) is 5.88 Å². The van der Waals surface area contributed by atoms with Crippen LogP contribution < -0.4 is 10.3 Å². The Bertz CT molecular complexity index is 793. The van der Waals surface area contributed by atoms with Gasteiger partial charge in [-0.05, 0) is 11.5 Å². The first kappa shape index (κ1) is 11.7. The summed E-state index contributed by atoms with van der Waals surface area (Å²) in [4.78, 5) is 17.7. The molecule has 1 N–H and O–H groups in total. The molecular formula is C14H9ClN2O2. The highest BCUT2D eigenvalue weighted by molar-refractivity contribution is 6.31. The summed E-state index contributed by atoms with van der Waals surface area (Å²) in [5.74, 6) is 0.708. The molecule has 0 aliphatic heterocycles. The van der Waals surface area contributed by atoms with Crippen LogP contribution in [0.1, 0.15) is 0 Å². The molecule has 0 saturated carbocycles. The van der Waals surface area contributed by atoms with Gasteiger partial charge in [-0.2, -0.15) is 0 Å². The summed E-state index contributed by atoms with van der Waals surface area (Å²) in [5, 5.41) is 1.92. The van der Waals surface area contributed by atoms with Crippen molar-refractivity contribution in [3.05, 3.63) is 64.2 Å². The predicted octanol–water partition coefficient (Wildman–Crippen LogP) is 3.37. The van der Waals surface area contributed by atoms with E-state index in [0.717, 1.165) is 10.8 Å². The van der Waals surface area contributed by atoms with Gasteiger partial charge < -0.3 is 9.72 Å². The van der Waals surface area contributed by atoms with Crippen molar-refractivity contribution in [2.45, 2.75) is 0 Å². The Morgan fingerprint density at radius 3 is 2.79 bits per heavy atom. The van der Waals surface area contributed by atoms with Crippen LogP contribution in [0.5, 0.6) is 11.6 Å². The first-order chi connectivity index (χ1) is 9.25. The molecule has 0 saturated heterocycles. The second-order valence-corrected chi connectivity index (χ2v) is 4.31. The summed E-state index contributed by atoms with van der Waals surface area (Å²) < 4.78 is 5.64. The molecule has 3 aromatic rings. The summed E-state index contributed by atoms with van der Waals surface area (Å²) in [6, 6.07) is 13.4. The number of H-pyrrole nitrogens is 1. The average Bonchev–Trinajstić information content (AvgIpc) is 2.44. The summed E-state index contributed by atoms with van der Waals surface area (Å²) >= 11 is 5.86. The number of nitrogens with one attached hydrogen (secondary N) is 1. The molecule has 2 aromatic carbocycles. The van der Waals surface area contributed by atoms with Gasteiger partial charge >= 0.3 is 0 Å². The lowest BCUT2D eigenvalue weighted by Gasteiger charge is -2.08. The Morgan fingerprint density at radius 1 is 1.11 bits per heavy atom. The van der Waals surface area contributed by atoms with E-state index in [1.807, 2.05) is 42.5 Å². The van der Waals surface area contributed by atoms with Crippen LogP contribution in [-0.2, 0) is 0 Å². The van der Waals surface area contributed by atoms with E-state index in [1.54, 1.807) is 0 Å². The fourth-order valence-electron chi connectivity index (χ4n) is 1.83. The zero-order valence-corrected chi connectivity index (χ0v) is 10.5. The molecule has 3 rings (SSSR count). The maximum absolute atomic E-state index is 11.4. The van der Waals surface area contributed by atoms with E-state index in [0.29, 0.717) is 5.75 Å². The van der Waals surface area contributed by atoms with Gasteiger partial charge in [-0.3, -0.25) is 4.79 Å². The van der Waals surface area contributed by atoms with Gasteiger partial charge in [0.1, 0.15) is 5.75 Å². The number of aromatic nitrogens is 2. The fraction of sp³-hybridized carbons (Fsp3) is 0. The largest absolute Gasteiger partial charge is 0.437 e. The lowest BCUT2D eigenvalue weighted by Crippen LogP contribution is -2.07. The van der Waals surface area contributed by atoms with Crippen molar-refractivity contribution in [1.29, 1.82) is 0 Å². The fourth-order valence-corrected chi connectivity index (χ4v) is 1.97. The van der Waals surface area contributed by atoms with Gasteiger partial charge in [0.15, 0.2) is 5.02 Å². The molecule has 0 spiro atoms. The third-order valence-corrected chi connectivity index (χ3v) is 3.05. The Balaban J connectivity index is 2.11. The minimum absolute atomic E-state index is 0.0598. The number of nitrogens with zero attached hydrogens (tertiary/aromatic N) is 1. The van der Waals surface area contributed by atoms with Crippen molar-refractivity contribution in [1.82, 2.24) is 9.97 Å². The van der Waals surface area contributed by atoms with Crippen LogP contribution >= 0.6 is 11.6 Å². The number of hydrogen-bond donors (Lipinski definition) is 1. The minimum atomic E-state index is -0.424. The Hall–Kier alpha value is -2.33. The molecule has 1 heterocycles. The molecule has 0 fully saturated rings. The standard InChI is InChI=1S/C14H9ClN2O2/c15-12-13(18)16-8-17-14(12)19-11-7-3-5-9-4-1-2-6-10(9)11/h1-8H,(H,16,17,18). The number of fused-ring (bicyclic) bond motifs is 1. The van der Waals surface area contributed by atoms with Crippen LogP contribution in [0.3, 0.4) is 0 Å². The maximum atomic E-state index is 11.4. The third kappa shape index (κ3) is 2.18. The van der Waals surface area contributed by atoms with Crippen LogP contribution in [0.2, 0.25) is 5.02 Å². The second-order valence-electron chi connectivity index (χ2n) is 3.93. The van der Waals surface area contributed by atoms with Gasteiger partial charge in [-0.1, -0.05) is 48.0 Å². The lowest BCUT2D eigenvalue weighted by molar-refractivity contribution is 0.466. The molecule has 1 aromatic heterocycles. The summed E-state index contributed by atoms with van der Waals surface area (Å²) in [5.41, 5.74) is -0.424. The molecule has 4 nitrogen and oxygen atoms in total. The molecular weight excluding hydrogens is 264 g/mol. The van der Waals surface area contributed by atoms with Crippen LogP contribution in [0.4, 0.5) is 0 Å². The van der Waals surface area contributed by atoms with Crippen molar-refractivity contribution in [2.75, 3.05) is 0 Å². The Kier molecular flexibility index (Phi) is 2.93. The number of rotatable bonds is 2. The van der Waals surface area contributed by atoms with Crippen molar-refractivity contribution < 1.29 is 4.74 Å². The smallest absolute Gasteiger partial charge is 0.273 e. The first-order valence-electron chi connectivity index (χ1n) is 5.64. The van der Waals surface area contributed by atoms with Crippen molar-refractivity contribution in [2.24, 2.45) is 0 Å². The highest BCUT2D eigenvalue weighted by atomic mass is 35.5. The number of halogens is 1. The Morgan fingerprint density at radius 2 is 1.89 bits per heavy atom. The zero-order chi connectivity index (χ0) is 13.2. The number of hydrogen-bond acceptors (Lipinski definition) is 3. The minimum Gasteiger partial charge on any atom is -0.437 e. The van der Waals surface area contributed by atoms with E-state index >= 15 is 0 Å². The monoisotopic (exact) mass is 272 g/mol. The van der Waals surface area contributed by atoms with E-state index in [4.69, 9.17) is 16.3 Å². The first-order valence-corrected chi connectivity index (χ1v) is 6.02. The predicted molar refractivity (Wildman–Crippen MR) is 73.9 cm³/mol. The van der Waals surface area contributed by atoms with Crippen LogP contribution in [0.15, 0.2) is 53.6 Å². The van der Waals surface area contributed by atoms with E-state index < -0.39 is 5.56 Å². The topological polar surface area (TPSA) is 55.0 Å². The van der Waals surface area contributed by atoms with Gasteiger partial charge in [-0.15, -0.1) is 0 Å². The average molecular weight is 273 g/mol. The molecule has 19 heavy (non-hydrogen) atoms. The van der Waals surface area contributed by atoms with Gasteiger partial charge in [0.25, 0.3) is 5.56 Å². The number of aromatic amines is 1. The van der Waals surface area contributed by atoms with Crippen LogP contribution in [-0.4, -0.2) is 9.97 Å². The summed E-state index contributed by atoms with van der Waals surface area (Å²) in [7, 11) is 0. The second kappa shape index (κ2) is 4.74. The van der Waals surface area contributed by atoms with E-state index in [-0.39, 0.29) is 10.9 Å². The molecule has 0 aliphatic rings. The summed E-state index contributed by atoms with van der Waals surface area (Å²) in [6.45, 7) is 0. The van der Waals surface area contributed by atoms with E-state index in [9.17, 15) is 4.79 Å². The van der Waals surface area contributed by atoms with Crippen LogP contribution in [0, 0.1) is 0 Å². The lowest BCUT2D eigenvalue weighted by atomic mass is 10.1. The molecule has 94 valence electrons. The third-order valence-electron chi connectivity index (χ3n) is 2.72. The van der Waals surface area contributed by atoms with E-state index in [2.05, 4.69) is 9.97 Å². The van der Waals surface area contributed by atoms with Gasteiger partial charge in [0.05, 0.1) is 6.33 Å². The van der Waals surface area contributed by atoms with E-state index in [1.165, 1.54) is 6.33 Å². The molecule has 0 atom stereocenters. The van der Waals surface area contributed by atoms with Gasteiger partial charge in [-0.25, -0.2) is 4.98 Å².